The molecule has 4 heteroatoms. The van der Waals surface area contributed by atoms with Crippen LogP contribution in [0.4, 0.5) is 5.69 Å². The average Bonchev–Trinajstić information content (AvgIpc) is 2.41. The minimum Gasteiger partial charge on any atom is -0.381 e. The van der Waals surface area contributed by atoms with Crippen molar-refractivity contribution in [3.63, 3.8) is 0 Å². The van der Waals surface area contributed by atoms with Crippen LogP contribution in [0, 0.1) is 5.41 Å². The van der Waals surface area contributed by atoms with Crippen molar-refractivity contribution in [3.8, 4) is 0 Å². The summed E-state index contributed by atoms with van der Waals surface area (Å²) in [5.41, 5.74) is 2.04. The lowest BCUT2D eigenvalue weighted by atomic mass is 9.82. The van der Waals surface area contributed by atoms with Gasteiger partial charge in [-0.1, -0.05) is 19.9 Å². The Morgan fingerprint density at radius 3 is 2.81 bits per heavy atom. The Morgan fingerprint density at radius 1 is 1.38 bits per heavy atom. The van der Waals surface area contributed by atoms with Gasteiger partial charge in [-0.25, -0.2) is 0 Å². The average molecular weight is 306 g/mol. The third kappa shape index (κ3) is 4.40. The van der Waals surface area contributed by atoms with E-state index in [4.69, 9.17) is 0 Å². The van der Waals surface area contributed by atoms with Gasteiger partial charge in [0.05, 0.1) is 0 Å². The molecule has 0 bridgehead atoms. The molecule has 0 radical (unpaired) electrons. The van der Waals surface area contributed by atoms with Crippen LogP contribution in [0.3, 0.4) is 0 Å². The van der Waals surface area contributed by atoms with E-state index in [1.807, 2.05) is 49.9 Å². The second-order valence-corrected chi connectivity index (χ2v) is 7.87. The second kappa shape index (κ2) is 6.73. The van der Waals surface area contributed by atoms with E-state index >= 15 is 0 Å². The van der Waals surface area contributed by atoms with Gasteiger partial charge in [0.1, 0.15) is 0 Å². The Morgan fingerprint density at radius 2 is 2.14 bits per heavy atom. The number of benzene rings is 1. The van der Waals surface area contributed by atoms with E-state index in [9.17, 15) is 4.79 Å². The number of rotatable bonds is 4. The van der Waals surface area contributed by atoms with Crippen molar-refractivity contribution in [2.45, 2.75) is 46.2 Å². The fraction of sp³-hybridized carbons (Fsp3) is 0.588. The van der Waals surface area contributed by atoms with Gasteiger partial charge in [-0.3, -0.25) is 4.79 Å². The molecule has 1 aliphatic rings. The van der Waals surface area contributed by atoms with Crippen LogP contribution in [0.15, 0.2) is 24.3 Å². The van der Waals surface area contributed by atoms with Crippen molar-refractivity contribution in [2.75, 3.05) is 16.8 Å². The number of hydrogen-bond acceptors (Lipinski definition) is 3. The quantitative estimate of drug-likeness (QED) is 0.889. The molecule has 21 heavy (non-hydrogen) atoms. The van der Waals surface area contributed by atoms with Crippen LogP contribution in [-0.4, -0.2) is 29.5 Å². The van der Waals surface area contributed by atoms with Crippen LogP contribution in [0.25, 0.3) is 0 Å². The van der Waals surface area contributed by atoms with Gasteiger partial charge in [0.25, 0.3) is 5.91 Å². The van der Waals surface area contributed by atoms with Crippen molar-refractivity contribution in [2.24, 2.45) is 5.41 Å². The second-order valence-electron chi connectivity index (χ2n) is 6.72. The molecule has 1 aromatic rings. The van der Waals surface area contributed by atoms with Gasteiger partial charge in [-0.2, -0.15) is 11.8 Å². The highest BCUT2D eigenvalue weighted by atomic mass is 32.2. The summed E-state index contributed by atoms with van der Waals surface area (Å²) in [7, 11) is 0. The van der Waals surface area contributed by atoms with Crippen LogP contribution in [0.1, 0.15) is 44.5 Å². The zero-order valence-electron chi connectivity index (χ0n) is 13.4. The van der Waals surface area contributed by atoms with Crippen LogP contribution in [-0.2, 0) is 0 Å². The summed E-state index contributed by atoms with van der Waals surface area (Å²) in [6.45, 7) is 8.59. The molecule has 1 amide bonds. The first-order valence-corrected chi connectivity index (χ1v) is 8.79. The molecule has 2 rings (SSSR count). The Balaban J connectivity index is 2.09. The maximum Gasteiger partial charge on any atom is 0.251 e. The predicted molar refractivity (Wildman–Crippen MR) is 92.2 cm³/mol. The van der Waals surface area contributed by atoms with E-state index in [-0.39, 0.29) is 11.9 Å². The van der Waals surface area contributed by atoms with Crippen LogP contribution in [0.2, 0.25) is 0 Å². The molecule has 0 aliphatic carbocycles. The molecule has 1 aliphatic heterocycles. The first-order valence-electron chi connectivity index (χ1n) is 7.64. The third-order valence-electron chi connectivity index (χ3n) is 4.00. The maximum absolute atomic E-state index is 12.1. The summed E-state index contributed by atoms with van der Waals surface area (Å²) >= 11 is 2.00. The lowest BCUT2D eigenvalue weighted by Crippen LogP contribution is -2.41. The van der Waals surface area contributed by atoms with Gasteiger partial charge in [0.2, 0.25) is 0 Å². The molecule has 2 N–H and O–H groups in total. The Kier molecular flexibility index (Phi) is 5.20. The van der Waals surface area contributed by atoms with Crippen LogP contribution < -0.4 is 10.6 Å². The van der Waals surface area contributed by atoms with Crippen molar-refractivity contribution in [1.29, 1.82) is 0 Å². The topological polar surface area (TPSA) is 41.1 Å². The maximum atomic E-state index is 12.1. The number of carbonyl (C=O) groups excluding carboxylic acids is 1. The van der Waals surface area contributed by atoms with Gasteiger partial charge in [-0.15, -0.1) is 0 Å². The minimum atomic E-state index is -0.00840. The number of hydrogen-bond donors (Lipinski definition) is 2. The molecule has 0 spiro atoms. The van der Waals surface area contributed by atoms with Gasteiger partial charge in [0, 0.05) is 29.1 Å². The van der Waals surface area contributed by atoms with Crippen molar-refractivity contribution >= 4 is 23.4 Å². The highest BCUT2D eigenvalue weighted by molar-refractivity contribution is 7.99. The molecular formula is C17H26N2OS. The van der Waals surface area contributed by atoms with Gasteiger partial charge in [-0.05, 0) is 49.6 Å². The summed E-state index contributed by atoms with van der Waals surface area (Å²) in [5.74, 6) is 2.35. The minimum absolute atomic E-state index is 0.00840. The standard InChI is InChI=1S/C17H26N2OS/c1-12(2)18-16(20)13-6-5-7-14(10-13)19-15-11-21-9-8-17(15,3)4/h5-7,10,12,15,19H,8-9,11H2,1-4H3,(H,18,20). The van der Waals surface area contributed by atoms with E-state index in [0.29, 0.717) is 11.5 Å². The zero-order valence-corrected chi connectivity index (χ0v) is 14.2. The van der Waals surface area contributed by atoms with Gasteiger partial charge < -0.3 is 10.6 Å². The van der Waals surface area contributed by atoms with Gasteiger partial charge in [0.15, 0.2) is 0 Å². The number of anilines is 1. The Hall–Kier alpha value is -1.16. The van der Waals surface area contributed by atoms with E-state index < -0.39 is 0 Å². The molecule has 1 aromatic carbocycles. The molecular weight excluding hydrogens is 280 g/mol. The molecule has 1 heterocycles. The number of carbonyl (C=O) groups is 1. The number of amides is 1. The molecule has 0 saturated carbocycles. The Labute approximate surface area is 132 Å². The van der Waals surface area contributed by atoms with Crippen LogP contribution in [0.5, 0.6) is 0 Å². The van der Waals surface area contributed by atoms with Crippen molar-refractivity contribution in [3.05, 3.63) is 29.8 Å². The molecule has 116 valence electrons. The monoisotopic (exact) mass is 306 g/mol. The first kappa shape index (κ1) is 16.2. The predicted octanol–water partition coefficient (Wildman–Crippen LogP) is 3.77. The summed E-state index contributed by atoms with van der Waals surface area (Å²) in [6.07, 6.45) is 1.23. The largest absolute Gasteiger partial charge is 0.381 e. The highest BCUT2D eigenvalue weighted by Crippen LogP contribution is 2.36. The van der Waals surface area contributed by atoms with E-state index in [1.165, 1.54) is 12.2 Å². The number of thioether (sulfide) groups is 1. The lowest BCUT2D eigenvalue weighted by Gasteiger charge is -2.39. The molecule has 0 aromatic heterocycles. The molecule has 1 atom stereocenters. The first-order chi connectivity index (χ1) is 9.88. The van der Waals surface area contributed by atoms with E-state index in [2.05, 4.69) is 24.5 Å². The van der Waals surface area contributed by atoms with Crippen LogP contribution >= 0.6 is 11.8 Å². The zero-order chi connectivity index (χ0) is 15.5. The summed E-state index contributed by atoms with van der Waals surface area (Å²) in [6, 6.07) is 8.40. The van der Waals surface area contributed by atoms with Crippen molar-refractivity contribution in [1.82, 2.24) is 5.32 Å². The SMILES string of the molecule is CC(C)NC(=O)c1cccc(NC2CSCCC2(C)C)c1. The highest BCUT2D eigenvalue weighted by Gasteiger charge is 2.32. The molecule has 1 saturated heterocycles. The summed E-state index contributed by atoms with van der Waals surface area (Å²) < 4.78 is 0. The molecule has 1 unspecified atom stereocenters. The van der Waals surface area contributed by atoms with Crippen molar-refractivity contribution < 1.29 is 4.79 Å². The van der Waals surface area contributed by atoms with E-state index in [1.54, 1.807) is 0 Å². The smallest absolute Gasteiger partial charge is 0.251 e. The van der Waals surface area contributed by atoms with Gasteiger partial charge >= 0.3 is 0 Å². The normalized spacial score (nSPS) is 21.1. The number of nitrogens with one attached hydrogen (secondary N) is 2. The fourth-order valence-corrected chi connectivity index (χ4v) is 4.08. The fourth-order valence-electron chi connectivity index (χ4n) is 2.47. The molecule has 1 fully saturated rings. The Bertz CT molecular complexity index is 499. The summed E-state index contributed by atoms with van der Waals surface area (Å²) in [5, 5.41) is 6.55. The summed E-state index contributed by atoms with van der Waals surface area (Å²) in [4.78, 5) is 12.1. The lowest BCUT2D eigenvalue weighted by molar-refractivity contribution is 0.0943. The molecule has 3 nitrogen and oxygen atoms in total. The third-order valence-corrected chi connectivity index (χ3v) is 5.07. The van der Waals surface area contributed by atoms with E-state index in [0.717, 1.165) is 17.0 Å².